The number of unbranched alkanes of at least 4 members (excludes halogenated alkanes) is 1. The first-order chi connectivity index (χ1) is 7.72. The van der Waals surface area contributed by atoms with Crippen LogP contribution in [0.3, 0.4) is 0 Å². The molecule has 3 N–H and O–H groups in total. The van der Waals surface area contributed by atoms with Crippen molar-refractivity contribution in [3.05, 3.63) is 0 Å². The molecule has 94 valence electrons. The molecule has 3 heteroatoms. The van der Waals surface area contributed by atoms with Gasteiger partial charge < -0.3 is 11.1 Å². The molecule has 0 saturated heterocycles. The first-order valence-electron chi connectivity index (χ1n) is 6.69. The van der Waals surface area contributed by atoms with Crippen LogP contribution < -0.4 is 11.1 Å². The van der Waals surface area contributed by atoms with Crippen molar-refractivity contribution in [2.45, 2.75) is 51.9 Å². The number of hydrogen-bond donors (Lipinski definition) is 2. The van der Waals surface area contributed by atoms with Crippen molar-refractivity contribution in [3.8, 4) is 0 Å². The van der Waals surface area contributed by atoms with E-state index in [0.717, 1.165) is 31.2 Å². The molecule has 1 aliphatic rings. The molecule has 0 aromatic carbocycles. The smallest absolute Gasteiger partial charge is 0.220 e. The summed E-state index contributed by atoms with van der Waals surface area (Å²) in [5.41, 5.74) is 5.39. The topological polar surface area (TPSA) is 55.1 Å². The van der Waals surface area contributed by atoms with E-state index in [9.17, 15) is 4.79 Å². The average molecular weight is 226 g/mol. The maximum atomic E-state index is 11.5. The van der Waals surface area contributed by atoms with Gasteiger partial charge in [-0.25, -0.2) is 0 Å². The molecule has 1 amide bonds. The molecule has 0 heterocycles. The minimum Gasteiger partial charge on any atom is -0.356 e. The van der Waals surface area contributed by atoms with Gasteiger partial charge in [-0.1, -0.05) is 19.8 Å². The van der Waals surface area contributed by atoms with Crippen molar-refractivity contribution >= 4 is 5.91 Å². The van der Waals surface area contributed by atoms with Gasteiger partial charge in [0, 0.05) is 13.0 Å². The zero-order chi connectivity index (χ0) is 11.8. The lowest BCUT2D eigenvalue weighted by Crippen LogP contribution is -2.30. The van der Waals surface area contributed by atoms with E-state index in [0.29, 0.717) is 13.0 Å². The second-order valence-corrected chi connectivity index (χ2v) is 5.18. The molecule has 1 aliphatic carbocycles. The highest BCUT2D eigenvalue weighted by Gasteiger charge is 2.18. The predicted molar refractivity (Wildman–Crippen MR) is 67.0 cm³/mol. The summed E-state index contributed by atoms with van der Waals surface area (Å²) in [6.45, 7) is 3.89. The molecular formula is C13H26N2O. The summed E-state index contributed by atoms with van der Waals surface area (Å²) in [5.74, 6) is 1.80. The van der Waals surface area contributed by atoms with Crippen LogP contribution in [0.2, 0.25) is 0 Å². The fourth-order valence-corrected chi connectivity index (χ4v) is 2.31. The van der Waals surface area contributed by atoms with E-state index in [1.807, 2.05) is 0 Å². The fourth-order valence-electron chi connectivity index (χ4n) is 2.31. The van der Waals surface area contributed by atoms with Gasteiger partial charge in [-0.05, 0) is 44.1 Å². The molecule has 0 aliphatic heterocycles. The third kappa shape index (κ3) is 5.50. The maximum Gasteiger partial charge on any atom is 0.220 e. The molecule has 0 bridgehead atoms. The lowest BCUT2D eigenvalue weighted by molar-refractivity contribution is -0.121. The van der Waals surface area contributed by atoms with Gasteiger partial charge in [-0.2, -0.15) is 0 Å². The highest BCUT2D eigenvalue weighted by Crippen LogP contribution is 2.27. The van der Waals surface area contributed by atoms with Crippen LogP contribution in [0.1, 0.15) is 51.9 Å². The normalized spacial score (nSPS) is 25.4. The number of carbonyl (C=O) groups is 1. The van der Waals surface area contributed by atoms with E-state index >= 15 is 0 Å². The van der Waals surface area contributed by atoms with Gasteiger partial charge in [-0.3, -0.25) is 4.79 Å². The summed E-state index contributed by atoms with van der Waals surface area (Å²) in [5, 5.41) is 3.05. The van der Waals surface area contributed by atoms with Crippen LogP contribution in [0, 0.1) is 11.8 Å². The summed E-state index contributed by atoms with van der Waals surface area (Å²) >= 11 is 0. The van der Waals surface area contributed by atoms with Crippen LogP contribution in [0.4, 0.5) is 0 Å². The Bertz CT molecular complexity index is 198. The van der Waals surface area contributed by atoms with Gasteiger partial charge in [-0.15, -0.1) is 0 Å². The summed E-state index contributed by atoms with van der Waals surface area (Å²) < 4.78 is 0. The molecule has 1 rings (SSSR count). The van der Waals surface area contributed by atoms with Crippen molar-refractivity contribution in [1.82, 2.24) is 5.32 Å². The van der Waals surface area contributed by atoms with Crippen molar-refractivity contribution in [1.29, 1.82) is 0 Å². The molecule has 0 unspecified atom stereocenters. The molecule has 0 radical (unpaired) electrons. The zero-order valence-corrected chi connectivity index (χ0v) is 10.5. The second-order valence-electron chi connectivity index (χ2n) is 5.18. The highest BCUT2D eigenvalue weighted by atomic mass is 16.1. The molecule has 0 spiro atoms. The third-order valence-corrected chi connectivity index (χ3v) is 3.58. The first-order valence-corrected chi connectivity index (χ1v) is 6.69. The Morgan fingerprint density at radius 1 is 1.25 bits per heavy atom. The van der Waals surface area contributed by atoms with E-state index in [-0.39, 0.29) is 5.91 Å². The third-order valence-electron chi connectivity index (χ3n) is 3.58. The summed E-state index contributed by atoms with van der Waals surface area (Å²) in [6, 6.07) is 0. The van der Waals surface area contributed by atoms with Crippen LogP contribution in [-0.4, -0.2) is 19.0 Å². The molecular weight excluding hydrogens is 200 g/mol. The largest absolute Gasteiger partial charge is 0.356 e. The maximum absolute atomic E-state index is 11.5. The Hall–Kier alpha value is -0.570. The van der Waals surface area contributed by atoms with E-state index in [4.69, 9.17) is 5.73 Å². The summed E-state index contributed by atoms with van der Waals surface area (Å²) in [7, 11) is 0. The Morgan fingerprint density at radius 3 is 2.56 bits per heavy atom. The monoisotopic (exact) mass is 226 g/mol. The summed E-state index contributed by atoms with van der Waals surface area (Å²) in [4.78, 5) is 11.5. The zero-order valence-electron chi connectivity index (χ0n) is 10.5. The molecule has 0 atom stereocenters. The number of nitrogens with two attached hydrogens (primary N) is 1. The lowest BCUT2D eigenvalue weighted by atomic mass is 9.83. The molecule has 0 aromatic heterocycles. The standard InChI is InChI=1S/C13H26N2O/c1-11-5-7-12(8-6-11)10-15-13(16)4-2-3-9-14/h11-12H,2-10,14H2,1H3,(H,15,16). The average Bonchev–Trinajstić information content (AvgIpc) is 2.29. The Kier molecular flexibility index (Phi) is 6.46. The quantitative estimate of drug-likeness (QED) is 0.681. The molecule has 1 fully saturated rings. The van der Waals surface area contributed by atoms with Gasteiger partial charge in [0.25, 0.3) is 0 Å². The van der Waals surface area contributed by atoms with Gasteiger partial charge in [0.2, 0.25) is 5.91 Å². The van der Waals surface area contributed by atoms with Crippen LogP contribution in [0.15, 0.2) is 0 Å². The Balaban J connectivity index is 2.03. The van der Waals surface area contributed by atoms with Crippen LogP contribution in [-0.2, 0) is 4.79 Å². The SMILES string of the molecule is CC1CCC(CNC(=O)CCCCN)CC1. The Morgan fingerprint density at radius 2 is 1.94 bits per heavy atom. The second kappa shape index (κ2) is 7.66. The molecule has 16 heavy (non-hydrogen) atoms. The van der Waals surface area contributed by atoms with Gasteiger partial charge in [0.05, 0.1) is 0 Å². The lowest BCUT2D eigenvalue weighted by Gasteiger charge is -2.26. The van der Waals surface area contributed by atoms with Crippen molar-refractivity contribution in [2.24, 2.45) is 17.6 Å². The summed E-state index contributed by atoms with van der Waals surface area (Å²) in [6.07, 6.45) is 7.73. The van der Waals surface area contributed by atoms with Gasteiger partial charge >= 0.3 is 0 Å². The van der Waals surface area contributed by atoms with Crippen LogP contribution >= 0.6 is 0 Å². The van der Waals surface area contributed by atoms with Crippen LogP contribution in [0.5, 0.6) is 0 Å². The Labute approximate surface area is 99.2 Å². The van der Waals surface area contributed by atoms with Crippen LogP contribution in [0.25, 0.3) is 0 Å². The van der Waals surface area contributed by atoms with Crippen molar-refractivity contribution in [2.75, 3.05) is 13.1 Å². The minimum atomic E-state index is 0.201. The number of hydrogen-bond acceptors (Lipinski definition) is 2. The van der Waals surface area contributed by atoms with E-state index in [1.165, 1.54) is 25.7 Å². The van der Waals surface area contributed by atoms with E-state index in [1.54, 1.807) is 0 Å². The van der Waals surface area contributed by atoms with E-state index in [2.05, 4.69) is 12.2 Å². The molecule has 3 nitrogen and oxygen atoms in total. The van der Waals surface area contributed by atoms with Gasteiger partial charge in [0.15, 0.2) is 0 Å². The van der Waals surface area contributed by atoms with Gasteiger partial charge in [0.1, 0.15) is 0 Å². The predicted octanol–water partition coefficient (Wildman–Crippen LogP) is 2.06. The van der Waals surface area contributed by atoms with E-state index < -0.39 is 0 Å². The first kappa shape index (κ1) is 13.5. The number of amides is 1. The molecule has 0 aromatic rings. The number of rotatable bonds is 6. The molecule has 1 saturated carbocycles. The van der Waals surface area contributed by atoms with Crippen molar-refractivity contribution in [3.63, 3.8) is 0 Å². The number of nitrogens with one attached hydrogen (secondary N) is 1. The van der Waals surface area contributed by atoms with Crippen molar-refractivity contribution < 1.29 is 4.79 Å². The fraction of sp³-hybridized carbons (Fsp3) is 0.923. The minimum absolute atomic E-state index is 0.201. The highest BCUT2D eigenvalue weighted by molar-refractivity contribution is 5.75. The number of carbonyl (C=O) groups excluding carboxylic acids is 1.